The summed E-state index contributed by atoms with van der Waals surface area (Å²) in [6.45, 7) is 9.05. The highest BCUT2D eigenvalue weighted by atomic mass is 16.3. The molecule has 2 aromatic heterocycles. The number of nitrogens with one attached hydrogen (secondary N) is 1. The zero-order chi connectivity index (χ0) is 18.6. The van der Waals surface area contributed by atoms with Gasteiger partial charge >= 0.3 is 0 Å². The first-order valence-corrected chi connectivity index (χ1v) is 9.41. The van der Waals surface area contributed by atoms with E-state index in [1.54, 1.807) is 12.5 Å². The Hall–Kier alpha value is -2.74. The lowest BCUT2D eigenvalue weighted by molar-refractivity contribution is 0.226. The Kier molecular flexibility index (Phi) is 5.15. The minimum Gasteiger partial charge on any atom is -0.448 e. The highest BCUT2D eigenvalue weighted by Gasteiger charge is 2.22. The highest BCUT2D eigenvalue weighted by molar-refractivity contribution is 5.75. The van der Waals surface area contributed by atoms with Crippen LogP contribution in [0.2, 0.25) is 0 Å². The molecule has 8 nitrogen and oxygen atoms in total. The standard InChI is InChI=1S/C19H25N7O/c1-14(2)11-15-3-4-16(19-21-23-24-22-19)17(12-15)26-8-6-25(7-9-26)13-18-20-5-10-27-18/h3-5,10,12,14H,6-9,11,13H2,1-2H3,(H,21,22,23,24). The van der Waals surface area contributed by atoms with Crippen molar-refractivity contribution in [3.63, 3.8) is 0 Å². The van der Waals surface area contributed by atoms with Crippen molar-refractivity contribution in [2.24, 2.45) is 5.92 Å². The molecule has 0 radical (unpaired) electrons. The number of oxazole rings is 1. The Bertz CT molecular complexity index is 837. The molecule has 0 aliphatic carbocycles. The molecule has 0 bridgehead atoms. The second-order valence-electron chi connectivity index (χ2n) is 7.37. The van der Waals surface area contributed by atoms with Crippen LogP contribution in [0.4, 0.5) is 5.69 Å². The van der Waals surface area contributed by atoms with Gasteiger partial charge in [-0.2, -0.15) is 5.21 Å². The molecule has 1 aliphatic rings. The van der Waals surface area contributed by atoms with E-state index in [1.807, 2.05) is 0 Å². The van der Waals surface area contributed by atoms with E-state index >= 15 is 0 Å². The zero-order valence-corrected chi connectivity index (χ0v) is 15.8. The highest BCUT2D eigenvalue weighted by Crippen LogP contribution is 2.31. The minimum atomic E-state index is 0.617. The third-order valence-corrected chi connectivity index (χ3v) is 4.85. The van der Waals surface area contributed by atoms with Crippen LogP contribution >= 0.6 is 0 Å². The van der Waals surface area contributed by atoms with Crippen molar-refractivity contribution < 1.29 is 4.42 Å². The smallest absolute Gasteiger partial charge is 0.208 e. The van der Waals surface area contributed by atoms with Crippen molar-refractivity contribution in [3.05, 3.63) is 42.1 Å². The predicted octanol–water partition coefficient (Wildman–Crippen LogP) is 2.38. The topological polar surface area (TPSA) is 87.0 Å². The summed E-state index contributed by atoms with van der Waals surface area (Å²) in [4.78, 5) is 9.01. The van der Waals surface area contributed by atoms with Crippen molar-refractivity contribution in [1.29, 1.82) is 0 Å². The number of nitrogens with zero attached hydrogens (tertiary/aromatic N) is 6. The molecule has 0 saturated carbocycles. The van der Waals surface area contributed by atoms with Crippen molar-refractivity contribution in [3.8, 4) is 11.4 Å². The average Bonchev–Trinajstić information content (AvgIpc) is 3.36. The summed E-state index contributed by atoms with van der Waals surface area (Å²) in [5, 5.41) is 14.7. The van der Waals surface area contributed by atoms with Gasteiger partial charge in [0.25, 0.3) is 0 Å². The lowest BCUT2D eigenvalue weighted by Gasteiger charge is -2.36. The molecule has 0 unspecified atom stereocenters. The first kappa shape index (κ1) is 17.7. The maximum atomic E-state index is 5.38. The molecule has 0 amide bonds. The van der Waals surface area contributed by atoms with Gasteiger partial charge in [0, 0.05) is 37.4 Å². The quantitative estimate of drug-likeness (QED) is 0.716. The largest absolute Gasteiger partial charge is 0.448 e. The maximum absolute atomic E-state index is 5.38. The normalized spacial score (nSPS) is 15.6. The number of tetrazole rings is 1. The number of anilines is 1. The number of rotatable bonds is 6. The Morgan fingerprint density at radius 2 is 2.04 bits per heavy atom. The van der Waals surface area contributed by atoms with E-state index in [9.17, 15) is 0 Å². The second-order valence-corrected chi connectivity index (χ2v) is 7.37. The molecule has 3 heterocycles. The van der Waals surface area contributed by atoms with Gasteiger partial charge < -0.3 is 9.32 Å². The molecule has 1 aromatic carbocycles. The van der Waals surface area contributed by atoms with Gasteiger partial charge in [-0.3, -0.25) is 4.90 Å². The third-order valence-electron chi connectivity index (χ3n) is 4.85. The van der Waals surface area contributed by atoms with Crippen molar-refractivity contribution >= 4 is 5.69 Å². The van der Waals surface area contributed by atoms with Gasteiger partial charge in [-0.25, -0.2) is 4.98 Å². The zero-order valence-electron chi connectivity index (χ0n) is 15.8. The average molecular weight is 367 g/mol. The lowest BCUT2D eigenvalue weighted by atomic mass is 9.99. The number of aromatic amines is 1. The van der Waals surface area contributed by atoms with Crippen LogP contribution < -0.4 is 4.90 Å². The van der Waals surface area contributed by atoms with Crippen molar-refractivity contribution in [2.45, 2.75) is 26.8 Å². The van der Waals surface area contributed by atoms with Crippen LogP contribution in [0.1, 0.15) is 25.3 Å². The number of hydrogen-bond acceptors (Lipinski definition) is 7. The molecule has 0 atom stereocenters. The molecular formula is C19H25N7O. The van der Waals surface area contributed by atoms with Crippen LogP contribution in [0.5, 0.6) is 0 Å². The SMILES string of the molecule is CC(C)Cc1ccc(-c2nn[nH]n2)c(N2CCN(Cc3ncco3)CC2)c1. The monoisotopic (exact) mass is 367 g/mol. The first-order chi connectivity index (χ1) is 13.2. The summed E-state index contributed by atoms with van der Waals surface area (Å²) in [6, 6.07) is 6.58. The lowest BCUT2D eigenvalue weighted by Crippen LogP contribution is -2.46. The van der Waals surface area contributed by atoms with Gasteiger partial charge in [-0.15, -0.1) is 10.2 Å². The Morgan fingerprint density at radius 3 is 2.70 bits per heavy atom. The third kappa shape index (κ3) is 4.16. The summed E-state index contributed by atoms with van der Waals surface area (Å²) in [5.74, 6) is 2.03. The number of aromatic nitrogens is 5. The van der Waals surface area contributed by atoms with Crippen molar-refractivity contribution in [1.82, 2.24) is 30.5 Å². The van der Waals surface area contributed by atoms with Gasteiger partial charge in [0.05, 0.1) is 12.7 Å². The molecule has 1 aliphatic heterocycles. The molecule has 1 saturated heterocycles. The van der Waals surface area contributed by atoms with Crippen LogP contribution in [-0.4, -0.2) is 56.7 Å². The number of H-pyrrole nitrogens is 1. The van der Waals surface area contributed by atoms with Gasteiger partial charge in [-0.1, -0.05) is 19.9 Å². The summed E-state index contributed by atoms with van der Waals surface area (Å²) in [5.41, 5.74) is 3.55. The predicted molar refractivity (Wildman–Crippen MR) is 102 cm³/mol. The fourth-order valence-corrected chi connectivity index (χ4v) is 3.57. The Labute approximate surface area is 158 Å². The maximum Gasteiger partial charge on any atom is 0.208 e. The summed E-state index contributed by atoms with van der Waals surface area (Å²) in [6.07, 6.45) is 4.38. The van der Waals surface area contributed by atoms with E-state index in [2.05, 4.69) is 67.5 Å². The van der Waals surface area contributed by atoms with Crippen LogP contribution in [0.15, 0.2) is 35.1 Å². The summed E-state index contributed by atoms with van der Waals surface area (Å²) in [7, 11) is 0. The van der Waals surface area contributed by atoms with Gasteiger partial charge in [0.2, 0.25) is 11.7 Å². The fraction of sp³-hybridized carbons (Fsp3) is 0.474. The summed E-state index contributed by atoms with van der Waals surface area (Å²) < 4.78 is 5.38. The van der Waals surface area contributed by atoms with E-state index in [0.29, 0.717) is 11.7 Å². The van der Waals surface area contributed by atoms with E-state index in [4.69, 9.17) is 4.42 Å². The van der Waals surface area contributed by atoms with E-state index in [-0.39, 0.29) is 0 Å². The number of piperazine rings is 1. The molecule has 142 valence electrons. The molecule has 4 rings (SSSR count). The van der Waals surface area contributed by atoms with E-state index < -0.39 is 0 Å². The molecule has 27 heavy (non-hydrogen) atoms. The second kappa shape index (κ2) is 7.87. The number of hydrogen-bond donors (Lipinski definition) is 1. The molecular weight excluding hydrogens is 342 g/mol. The molecule has 3 aromatic rings. The fourth-order valence-electron chi connectivity index (χ4n) is 3.57. The van der Waals surface area contributed by atoms with Gasteiger partial charge in [-0.05, 0) is 35.2 Å². The Balaban J connectivity index is 1.53. The van der Waals surface area contributed by atoms with Crippen molar-refractivity contribution in [2.75, 3.05) is 31.1 Å². The minimum absolute atomic E-state index is 0.617. The number of benzene rings is 1. The molecule has 1 fully saturated rings. The molecule has 0 spiro atoms. The van der Waals surface area contributed by atoms with Crippen LogP contribution in [0.25, 0.3) is 11.4 Å². The molecule has 8 heteroatoms. The van der Waals surface area contributed by atoms with E-state index in [1.165, 1.54) is 11.3 Å². The van der Waals surface area contributed by atoms with E-state index in [0.717, 1.165) is 50.6 Å². The summed E-state index contributed by atoms with van der Waals surface area (Å²) >= 11 is 0. The molecule has 1 N–H and O–H groups in total. The van der Waals surface area contributed by atoms with Crippen LogP contribution in [0, 0.1) is 5.92 Å². The van der Waals surface area contributed by atoms with Gasteiger partial charge in [0.15, 0.2) is 0 Å². The van der Waals surface area contributed by atoms with Gasteiger partial charge in [0.1, 0.15) is 6.26 Å². The van der Waals surface area contributed by atoms with Crippen LogP contribution in [0.3, 0.4) is 0 Å². The first-order valence-electron chi connectivity index (χ1n) is 9.41. The Morgan fingerprint density at radius 1 is 1.19 bits per heavy atom. The van der Waals surface area contributed by atoms with Crippen LogP contribution in [-0.2, 0) is 13.0 Å².